The second-order valence-electron chi connectivity index (χ2n) is 4.79. The average Bonchev–Trinajstić information content (AvgIpc) is 2.52. The number of amides is 1. The number of anilines is 1. The van der Waals surface area contributed by atoms with E-state index in [1.54, 1.807) is 24.3 Å². The van der Waals surface area contributed by atoms with Crippen LogP contribution in [0.3, 0.4) is 0 Å². The molecule has 0 heterocycles. The van der Waals surface area contributed by atoms with E-state index in [9.17, 15) is 9.59 Å². The fraction of sp³-hybridized carbons (Fsp3) is 0.125. The molecule has 2 aromatic rings. The predicted molar refractivity (Wildman–Crippen MR) is 95.2 cm³/mol. The standard InChI is InChI=1S/C16H13Cl3N2O3/c1-9(22)10-3-2-4-12(5-10)24-8-15(23)20-21-16-13(18)6-11(17)7-14(16)19/h2-7,21H,8H2,1H3,(H,20,23). The molecule has 0 saturated carbocycles. The summed E-state index contributed by atoms with van der Waals surface area (Å²) in [6.07, 6.45) is 0. The zero-order valence-electron chi connectivity index (χ0n) is 12.5. The molecule has 1 amide bonds. The zero-order valence-corrected chi connectivity index (χ0v) is 14.8. The van der Waals surface area contributed by atoms with Crippen LogP contribution in [0.1, 0.15) is 17.3 Å². The molecule has 0 aromatic heterocycles. The van der Waals surface area contributed by atoms with Crippen LogP contribution < -0.4 is 15.6 Å². The third-order valence-electron chi connectivity index (χ3n) is 2.94. The summed E-state index contributed by atoms with van der Waals surface area (Å²) in [6, 6.07) is 9.55. The number of Topliss-reactive ketones (excluding diaryl/α,β-unsaturated/α-hetero) is 1. The minimum Gasteiger partial charge on any atom is -0.484 e. The fourth-order valence-corrected chi connectivity index (χ4v) is 2.70. The van der Waals surface area contributed by atoms with Gasteiger partial charge >= 0.3 is 0 Å². The Kier molecular flexibility index (Phi) is 6.31. The van der Waals surface area contributed by atoms with Crippen molar-refractivity contribution in [3.8, 4) is 5.75 Å². The van der Waals surface area contributed by atoms with Crippen LogP contribution in [-0.4, -0.2) is 18.3 Å². The fourth-order valence-electron chi connectivity index (χ4n) is 1.78. The van der Waals surface area contributed by atoms with Gasteiger partial charge in [-0.15, -0.1) is 0 Å². The number of carbonyl (C=O) groups excluding carboxylic acids is 2. The Balaban J connectivity index is 1.90. The predicted octanol–water partition coefficient (Wildman–Crippen LogP) is 4.37. The number of hydrazine groups is 1. The number of nitrogens with one attached hydrogen (secondary N) is 2. The third-order valence-corrected chi connectivity index (χ3v) is 3.76. The molecule has 8 heteroatoms. The van der Waals surface area contributed by atoms with Crippen LogP contribution in [0, 0.1) is 0 Å². The SMILES string of the molecule is CC(=O)c1cccc(OCC(=O)NNc2c(Cl)cc(Cl)cc2Cl)c1. The van der Waals surface area contributed by atoms with Crippen molar-refractivity contribution in [1.82, 2.24) is 5.43 Å². The lowest BCUT2D eigenvalue weighted by Crippen LogP contribution is -2.33. The van der Waals surface area contributed by atoms with Gasteiger partial charge in [0.05, 0.1) is 15.7 Å². The first-order valence-electron chi connectivity index (χ1n) is 6.80. The lowest BCUT2D eigenvalue weighted by Gasteiger charge is -2.12. The first-order valence-corrected chi connectivity index (χ1v) is 7.93. The molecule has 0 saturated heterocycles. The summed E-state index contributed by atoms with van der Waals surface area (Å²) in [5.74, 6) is -0.121. The van der Waals surface area contributed by atoms with Crippen LogP contribution in [0.4, 0.5) is 5.69 Å². The molecule has 0 aliphatic heterocycles. The molecule has 0 unspecified atom stereocenters. The smallest absolute Gasteiger partial charge is 0.276 e. The Hall–Kier alpha value is -1.95. The highest BCUT2D eigenvalue weighted by molar-refractivity contribution is 6.41. The van der Waals surface area contributed by atoms with Crippen LogP contribution in [-0.2, 0) is 4.79 Å². The molecule has 5 nitrogen and oxygen atoms in total. The summed E-state index contributed by atoms with van der Waals surface area (Å²) in [7, 11) is 0. The van der Waals surface area contributed by atoms with E-state index in [0.717, 1.165) is 0 Å². The van der Waals surface area contributed by atoms with Crippen molar-refractivity contribution in [2.75, 3.05) is 12.0 Å². The van der Waals surface area contributed by atoms with Crippen LogP contribution in [0.5, 0.6) is 5.75 Å². The van der Waals surface area contributed by atoms with E-state index in [0.29, 0.717) is 22.0 Å². The second-order valence-corrected chi connectivity index (χ2v) is 6.04. The molecular formula is C16H13Cl3N2O3. The second kappa shape index (κ2) is 8.24. The number of ketones is 1. The topological polar surface area (TPSA) is 67.4 Å². The monoisotopic (exact) mass is 386 g/mol. The molecule has 0 atom stereocenters. The van der Waals surface area contributed by atoms with Crippen LogP contribution in [0.2, 0.25) is 15.1 Å². The summed E-state index contributed by atoms with van der Waals surface area (Å²) in [4.78, 5) is 23.1. The first-order chi connectivity index (χ1) is 11.4. The van der Waals surface area contributed by atoms with Gasteiger partial charge in [-0.25, -0.2) is 0 Å². The molecule has 0 spiro atoms. The van der Waals surface area contributed by atoms with Gasteiger partial charge in [-0.1, -0.05) is 46.9 Å². The molecule has 24 heavy (non-hydrogen) atoms. The Morgan fingerprint density at radius 2 is 1.75 bits per heavy atom. The molecule has 126 valence electrons. The maximum Gasteiger partial charge on any atom is 0.276 e. The van der Waals surface area contributed by atoms with Gasteiger partial charge in [-0.05, 0) is 31.2 Å². The van der Waals surface area contributed by atoms with Crippen LogP contribution >= 0.6 is 34.8 Å². The van der Waals surface area contributed by atoms with Crippen molar-refractivity contribution < 1.29 is 14.3 Å². The zero-order chi connectivity index (χ0) is 17.7. The van der Waals surface area contributed by atoms with Gasteiger partial charge in [-0.2, -0.15) is 0 Å². The lowest BCUT2D eigenvalue weighted by atomic mass is 10.1. The van der Waals surface area contributed by atoms with Crippen molar-refractivity contribution in [3.05, 3.63) is 57.0 Å². The average molecular weight is 388 g/mol. The normalized spacial score (nSPS) is 10.2. The van der Waals surface area contributed by atoms with E-state index in [2.05, 4.69) is 10.9 Å². The summed E-state index contributed by atoms with van der Waals surface area (Å²) < 4.78 is 5.34. The number of benzene rings is 2. The highest BCUT2D eigenvalue weighted by Gasteiger charge is 2.10. The van der Waals surface area contributed by atoms with E-state index < -0.39 is 5.91 Å². The number of rotatable bonds is 6. The Bertz CT molecular complexity index is 758. The molecule has 2 rings (SSSR count). The first kappa shape index (κ1) is 18.4. The highest BCUT2D eigenvalue weighted by Crippen LogP contribution is 2.33. The maximum atomic E-state index is 11.8. The van der Waals surface area contributed by atoms with E-state index in [4.69, 9.17) is 39.5 Å². The van der Waals surface area contributed by atoms with Gasteiger partial charge in [-0.3, -0.25) is 20.4 Å². The molecule has 2 N–H and O–H groups in total. The Labute approximate surface area is 153 Å². The summed E-state index contributed by atoms with van der Waals surface area (Å²) >= 11 is 17.8. The lowest BCUT2D eigenvalue weighted by molar-refractivity contribution is -0.122. The van der Waals surface area contributed by atoms with E-state index in [1.807, 2.05) is 0 Å². The Morgan fingerprint density at radius 3 is 2.38 bits per heavy atom. The van der Waals surface area contributed by atoms with Gasteiger partial charge in [0, 0.05) is 10.6 Å². The van der Waals surface area contributed by atoms with E-state index in [1.165, 1.54) is 19.1 Å². The minimum atomic E-state index is -0.453. The highest BCUT2D eigenvalue weighted by atomic mass is 35.5. The number of carbonyl (C=O) groups is 2. The molecule has 0 aliphatic rings. The number of hydrogen-bond acceptors (Lipinski definition) is 4. The molecule has 2 aromatic carbocycles. The maximum absolute atomic E-state index is 11.8. The van der Waals surface area contributed by atoms with Crippen molar-refractivity contribution in [2.24, 2.45) is 0 Å². The van der Waals surface area contributed by atoms with Crippen molar-refractivity contribution in [3.63, 3.8) is 0 Å². The van der Waals surface area contributed by atoms with E-state index >= 15 is 0 Å². The van der Waals surface area contributed by atoms with Crippen LogP contribution in [0.25, 0.3) is 0 Å². The van der Waals surface area contributed by atoms with Gasteiger partial charge < -0.3 is 4.74 Å². The van der Waals surface area contributed by atoms with Crippen LogP contribution in [0.15, 0.2) is 36.4 Å². The number of halogens is 3. The molecule has 0 fully saturated rings. The summed E-state index contributed by atoms with van der Waals surface area (Å²) in [5, 5.41) is 0.918. The molecular weight excluding hydrogens is 375 g/mol. The summed E-state index contributed by atoms with van der Waals surface area (Å²) in [5.41, 5.74) is 5.87. The largest absolute Gasteiger partial charge is 0.484 e. The Morgan fingerprint density at radius 1 is 1.08 bits per heavy atom. The summed E-state index contributed by atoms with van der Waals surface area (Å²) in [6.45, 7) is 1.20. The van der Waals surface area contributed by atoms with Crippen molar-refractivity contribution >= 4 is 52.2 Å². The van der Waals surface area contributed by atoms with Gasteiger partial charge in [0.1, 0.15) is 5.75 Å². The molecule has 0 aliphatic carbocycles. The minimum absolute atomic E-state index is 0.0846. The number of hydrogen-bond donors (Lipinski definition) is 2. The van der Waals surface area contributed by atoms with E-state index in [-0.39, 0.29) is 22.4 Å². The quantitative estimate of drug-likeness (QED) is 0.570. The molecule has 0 bridgehead atoms. The van der Waals surface area contributed by atoms with Gasteiger partial charge in [0.2, 0.25) is 0 Å². The van der Waals surface area contributed by atoms with Crippen molar-refractivity contribution in [2.45, 2.75) is 6.92 Å². The van der Waals surface area contributed by atoms with Gasteiger partial charge in [0.15, 0.2) is 12.4 Å². The van der Waals surface area contributed by atoms with Crippen molar-refractivity contribution in [1.29, 1.82) is 0 Å². The third kappa shape index (κ3) is 5.03. The number of ether oxygens (including phenoxy) is 1. The van der Waals surface area contributed by atoms with Gasteiger partial charge in [0.25, 0.3) is 5.91 Å². The molecule has 0 radical (unpaired) electrons.